The minimum atomic E-state index is 0. The number of carbonyl (C=O) groups excluding carboxylic acids is 1. The number of benzene rings is 1. The predicted molar refractivity (Wildman–Crippen MR) is 74.9 cm³/mol. The van der Waals surface area contributed by atoms with Crippen LogP contribution in [0.15, 0.2) is 24.3 Å². The number of ether oxygens (including phenoxy) is 1. The molecule has 2 rings (SSSR count). The standard InChI is InChI=1S/C13H18N2O2.ClH/c14-11-3-1-2-4-12(11)15-13(16)9-10-5-7-17-8-6-10;/h1-4,10H,5-9,14H2,(H,15,16);1H. The lowest BCUT2D eigenvalue weighted by Gasteiger charge is -2.21. The summed E-state index contributed by atoms with van der Waals surface area (Å²) in [4.78, 5) is 11.8. The Labute approximate surface area is 113 Å². The molecule has 0 unspecified atom stereocenters. The van der Waals surface area contributed by atoms with Crippen LogP contribution in [0.1, 0.15) is 19.3 Å². The molecule has 0 aromatic heterocycles. The van der Waals surface area contributed by atoms with E-state index >= 15 is 0 Å². The Morgan fingerprint density at radius 2 is 2.00 bits per heavy atom. The quantitative estimate of drug-likeness (QED) is 0.829. The summed E-state index contributed by atoms with van der Waals surface area (Å²) in [7, 11) is 0. The third-order valence-corrected chi connectivity index (χ3v) is 3.05. The third kappa shape index (κ3) is 4.20. The van der Waals surface area contributed by atoms with E-state index in [-0.39, 0.29) is 18.3 Å². The zero-order valence-corrected chi connectivity index (χ0v) is 11.0. The third-order valence-electron chi connectivity index (χ3n) is 3.05. The van der Waals surface area contributed by atoms with E-state index in [0.717, 1.165) is 26.1 Å². The summed E-state index contributed by atoms with van der Waals surface area (Å²) >= 11 is 0. The fourth-order valence-corrected chi connectivity index (χ4v) is 2.02. The second kappa shape index (κ2) is 7.24. The maximum atomic E-state index is 11.8. The molecule has 0 saturated carbocycles. The summed E-state index contributed by atoms with van der Waals surface area (Å²) in [6, 6.07) is 7.31. The van der Waals surface area contributed by atoms with Crippen LogP contribution in [0.25, 0.3) is 0 Å². The molecular formula is C13H19ClN2O2. The van der Waals surface area contributed by atoms with Crippen molar-refractivity contribution in [3.63, 3.8) is 0 Å². The van der Waals surface area contributed by atoms with Crippen LogP contribution in [0.2, 0.25) is 0 Å². The average Bonchev–Trinajstić information content (AvgIpc) is 2.33. The summed E-state index contributed by atoms with van der Waals surface area (Å²) in [6.45, 7) is 1.54. The first kappa shape index (κ1) is 14.8. The molecule has 18 heavy (non-hydrogen) atoms. The Morgan fingerprint density at radius 1 is 1.33 bits per heavy atom. The maximum Gasteiger partial charge on any atom is 0.224 e. The molecule has 100 valence electrons. The van der Waals surface area contributed by atoms with Gasteiger partial charge in [-0.15, -0.1) is 12.4 Å². The molecule has 0 spiro atoms. The summed E-state index contributed by atoms with van der Waals surface area (Å²) in [5.74, 6) is 0.475. The van der Waals surface area contributed by atoms with Crippen LogP contribution in [0.5, 0.6) is 0 Å². The van der Waals surface area contributed by atoms with Gasteiger partial charge >= 0.3 is 0 Å². The topological polar surface area (TPSA) is 64.3 Å². The van der Waals surface area contributed by atoms with Crippen LogP contribution in [0.3, 0.4) is 0 Å². The fourth-order valence-electron chi connectivity index (χ4n) is 2.02. The molecule has 1 saturated heterocycles. The summed E-state index contributed by atoms with van der Waals surface area (Å²) in [5.41, 5.74) is 7.07. The highest BCUT2D eigenvalue weighted by molar-refractivity contribution is 5.93. The summed E-state index contributed by atoms with van der Waals surface area (Å²) < 4.78 is 5.27. The zero-order chi connectivity index (χ0) is 12.1. The van der Waals surface area contributed by atoms with E-state index in [2.05, 4.69) is 5.32 Å². The highest BCUT2D eigenvalue weighted by atomic mass is 35.5. The average molecular weight is 271 g/mol. The van der Waals surface area contributed by atoms with Crippen LogP contribution < -0.4 is 11.1 Å². The van der Waals surface area contributed by atoms with Gasteiger partial charge in [0, 0.05) is 19.6 Å². The summed E-state index contributed by atoms with van der Waals surface area (Å²) in [6.07, 6.45) is 2.49. The number of nitrogen functional groups attached to an aromatic ring is 1. The fraction of sp³-hybridized carbons (Fsp3) is 0.462. The number of amides is 1. The van der Waals surface area contributed by atoms with Gasteiger partial charge in [-0.05, 0) is 30.9 Å². The van der Waals surface area contributed by atoms with Gasteiger partial charge in [-0.2, -0.15) is 0 Å². The molecule has 1 aliphatic heterocycles. The zero-order valence-electron chi connectivity index (χ0n) is 10.2. The van der Waals surface area contributed by atoms with Crippen LogP contribution in [0, 0.1) is 5.92 Å². The van der Waals surface area contributed by atoms with Gasteiger partial charge in [-0.25, -0.2) is 0 Å². The van der Waals surface area contributed by atoms with Crippen LogP contribution in [0.4, 0.5) is 11.4 Å². The van der Waals surface area contributed by atoms with E-state index in [0.29, 0.717) is 23.7 Å². The van der Waals surface area contributed by atoms with Crippen molar-refractivity contribution in [3.8, 4) is 0 Å². The predicted octanol–water partition coefficient (Wildman–Crippen LogP) is 2.45. The van der Waals surface area contributed by atoms with E-state index < -0.39 is 0 Å². The monoisotopic (exact) mass is 270 g/mol. The molecular weight excluding hydrogens is 252 g/mol. The van der Waals surface area contributed by atoms with Crippen molar-refractivity contribution in [2.75, 3.05) is 24.3 Å². The number of nitrogens with two attached hydrogens (primary N) is 1. The van der Waals surface area contributed by atoms with Gasteiger partial charge < -0.3 is 15.8 Å². The molecule has 4 nitrogen and oxygen atoms in total. The lowest BCUT2D eigenvalue weighted by Crippen LogP contribution is -2.22. The molecule has 1 aromatic rings. The molecule has 1 aliphatic rings. The van der Waals surface area contributed by atoms with E-state index in [1.807, 2.05) is 18.2 Å². The van der Waals surface area contributed by atoms with E-state index in [4.69, 9.17) is 10.5 Å². The molecule has 0 radical (unpaired) electrons. The van der Waals surface area contributed by atoms with Gasteiger partial charge in [0.25, 0.3) is 0 Å². The van der Waals surface area contributed by atoms with Crippen LogP contribution in [-0.4, -0.2) is 19.1 Å². The highest BCUT2D eigenvalue weighted by Crippen LogP contribution is 2.21. The number of halogens is 1. The Balaban J connectivity index is 0.00000162. The first-order valence-corrected chi connectivity index (χ1v) is 5.98. The molecule has 1 aromatic carbocycles. The van der Waals surface area contributed by atoms with E-state index in [1.165, 1.54) is 0 Å². The number of nitrogens with one attached hydrogen (secondary N) is 1. The molecule has 0 atom stereocenters. The van der Waals surface area contributed by atoms with E-state index in [1.54, 1.807) is 6.07 Å². The highest BCUT2D eigenvalue weighted by Gasteiger charge is 2.17. The number of rotatable bonds is 3. The van der Waals surface area contributed by atoms with Gasteiger partial charge in [0.1, 0.15) is 0 Å². The Hall–Kier alpha value is -1.26. The van der Waals surface area contributed by atoms with Crippen LogP contribution >= 0.6 is 12.4 Å². The Bertz CT molecular complexity index is 392. The smallest absolute Gasteiger partial charge is 0.224 e. The molecule has 5 heteroatoms. The molecule has 3 N–H and O–H groups in total. The van der Waals surface area contributed by atoms with Crippen molar-refractivity contribution >= 4 is 29.7 Å². The van der Waals surface area contributed by atoms with Crippen molar-refractivity contribution in [2.24, 2.45) is 5.92 Å². The molecule has 1 fully saturated rings. The normalized spacial score (nSPS) is 15.8. The minimum Gasteiger partial charge on any atom is -0.397 e. The van der Waals surface area contributed by atoms with Gasteiger partial charge in [-0.1, -0.05) is 12.1 Å². The van der Waals surface area contributed by atoms with Crippen molar-refractivity contribution in [2.45, 2.75) is 19.3 Å². The number of hydrogen-bond acceptors (Lipinski definition) is 3. The molecule has 1 amide bonds. The van der Waals surface area contributed by atoms with Crippen molar-refractivity contribution in [3.05, 3.63) is 24.3 Å². The molecule has 0 bridgehead atoms. The largest absolute Gasteiger partial charge is 0.397 e. The number of hydrogen-bond donors (Lipinski definition) is 2. The second-order valence-corrected chi connectivity index (χ2v) is 4.40. The van der Waals surface area contributed by atoms with Crippen molar-refractivity contribution < 1.29 is 9.53 Å². The van der Waals surface area contributed by atoms with Gasteiger partial charge in [-0.3, -0.25) is 4.79 Å². The number of para-hydroxylation sites is 2. The van der Waals surface area contributed by atoms with E-state index in [9.17, 15) is 4.79 Å². The number of carbonyl (C=O) groups is 1. The molecule has 0 aliphatic carbocycles. The maximum absolute atomic E-state index is 11.8. The first-order valence-electron chi connectivity index (χ1n) is 5.98. The first-order chi connectivity index (χ1) is 8.25. The Kier molecular flexibility index (Phi) is 5.95. The minimum absolute atomic E-state index is 0. The second-order valence-electron chi connectivity index (χ2n) is 4.40. The van der Waals surface area contributed by atoms with Crippen LogP contribution in [-0.2, 0) is 9.53 Å². The van der Waals surface area contributed by atoms with Gasteiger partial charge in [0.05, 0.1) is 11.4 Å². The lowest BCUT2D eigenvalue weighted by molar-refractivity contribution is -0.117. The lowest BCUT2D eigenvalue weighted by atomic mass is 9.96. The summed E-state index contributed by atoms with van der Waals surface area (Å²) in [5, 5.41) is 2.85. The van der Waals surface area contributed by atoms with Gasteiger partial charge in [0.2, 0.25) is 5.91 Å². The SMILES string of the molecule is Cl.Nc1ccccc1NC(=O)CC1CCOCC1. The van der Waals surface area contributed by atoms with Crippen molar-refractivity contribution in [1.29, 1.82) is 0 Å². The number of anilines is 2. The van der Waals surface area contributed by atoms with Gasteiger partial charge in [0.15, 0.2) is 0 Å². The molecule has 1 heterocycles. The Morgan fingerprint density at radius 3 is 2.67 bits per heavy atom. The van der Waals surface area contributed by atoms with Crippen molar-refractivity contribution in [1.82, 2.24) is 0 Å².